The van der Waals surface area contributed by atoms with Gasteiger partial charge in [-0.25, -0.2) is 0 Å². The van der Waals surface area contributed by atoms with Gasteiger partial charge in [0.15, 0.2) is 0 Å². The number of nitrogens with zero attached hydrogens (tertiary/aromatic N) is 2. The van der Waals surface area contributed by atoms with Crippen molar-refractivity contribution >= 4 is 0 Å². The van der Waals surface area contributed by atoms with E-state index in [-0.39, 0.29) is 6.04 Å². The molecule has 0 aliphatic carbocycles. The fraction of sp³-hybridized carbons (Fsp3) is 0.571. The summed E-state index contributed by atoms with van der Waals surface area (Å²) in [6.45, 7) is 5.38. The molecular weight excluding hydrogens is 210 g/mol. The predicted molar refractivity (Wildman–Crippen MR) is 72.0 cm³/mol. The highest BCUT2D eigenvalue weighted by Gasteiger charge is 2.28. The molecule has 1 heterocycles. The Kier molecular flexibility index (Phi) is 3.82. The average molecular weight is 233 g/mol. The summed E-state index contributed by atoms with van der Waals surface area (Å²) >= 11 is 0. The summed E-state index contributed by atoms with van der Waals surface area (Å²) < 4.78 is 0. The normalized spacial score (nSPS) is 24.8. The van der Waals surface area contributed by atoms with Crippen LogP contribution in [0.15, 0.2) is 24.3 Å². The smallest absolute Gasteiger partial charge is 0.0465 e. The second kappa shape index (κ2) is 5.17. The van der Waals surface area contributed by atoms with Crippen LogP contribution in [0.2, 0.25) is 0 Å². The molecular formula is C14H23N3. The van der Waals surface area contributed by atoms with Gasteiger partial charge < -0.3 is 10.6 Å². The molecule has 0 spiro atoms. The first-order chi connectivity index (χ1) is 8.08. The maximum atomic E-state index is 6.40. The number of rotatable bonds is 2. The Morgan fingerprint density at radius 2 is 1.82 bits per heavy atom. The second-order valence-electron chi connectivity index (χ2n) is 5.25. The summed E-state index contributed by atoms with van der Waals surface area (Å²) in [5.74, 6) is 0. The van der Waals surface area contributed by atoms with E-state index in [2.05, 4.69) is 55.1 Å². The first kappa shape index (κ1) is 12.6. The van der Waals surface area contributed by atoms with Crippen LogP contribution in [0.4, 0.5) is 0 Å². The van der Waals surface area contributed by atoms with Gasteiger partial charge in [0.05, 0.1) is 0 Å². The number of benzene rings is 1. The van der Waals surface area contributed by atoms with Crippen molar-refractivity contribution in [1.82, 2.24) is 9.80 Å². The van der Waals surface area contributed by atoms with Crippen LogP contribution in [0.1, 0.15) is 17.2 Å². The van der Waals surface area contributed by atoms with Crippen LogP contribution in [-0.4, -0.2) is 49.6 Å². The minimum absolute atomic E-state index is 0.100. The maximum Gasteiger partial charge on any atom is 0.0465 e. The van der Waals surface area contributed by atoms with E-state index in [1.165, 1.54) is 11.1 Å². The summed E-state index contributed by atoms with van der Waals surface area (Å²) in [5, 5.41) is 0. The fourth-order valence-electron chi connectivity index (χ4n) is 2.44. The number of aryl methyl sites for hydroxylation is 1. The molecule has 1 aliphatic rings. The van der Waals surface area contributed by atoms with Crippen molar-refractivity contribution in [3.05, 3.63) is 35.4 Å². The molecule has 3 nitrogen and oxygen atoms in total. The van der Waals surface area contributed by atoms with Crippen LogP contribution in [0, 0.1) is 6.92 Å². The summed E-state index contributed by atoms with van der Waals surface area (Å²) in [4.78, 5) is 4.74. The van der Waals surface area contributed by atoms with Crippen molar-refractivity contribution in [1.29, 1.82) is 0 Å². The van der Waals surface area contributed by atoms with Gasteiger partial charge in [0, 0.05) is 31.7 Å². The first-order valence-electron chi connectivity index (χ1n) is 6.29. The number of nitrogens with two attached hydrogens (primary N) is 1. The third kappa shape index (κ3) is 2.86. The first-order valence-corrected chi connectivity index (χ1v) is 6.29. The Hall–Kier alpha value is -0.900. The Balaban J connectivity index is 2.12. The number of piperazine rings is 1. The molecule has 1 aromatic carbocycles. The molecule has 17 heavy (non-hydrogen) atoms. The van der Waals surface area contributed by atoms with Crippen molar-refractivity contribution in [2.45, 2.75) is 19.0 Å². The van der Waals surface area contributed by atoms with Crippen LogP contribution < -0.4 is 5.73 Å². The van der Waals surface area contributed by atoms with Gasteiger partial charge >= 0.3 is 0 Å². The Bertz CT molecular complexity index is 360. The van der Waals surface area contributed by atoms with Gasteiger partial charge in [-0.3, -0.25) is 4.90 Å². The summed E-state index contributed by atoms with van der Waals surface area (Å²) in [6, 6.07) is 9.11. The lowest BCUT2D eigenvalue weighted by Gasteiger charge is -2.40. The minimum Gasteiger partial charge on any atom is -0.323 e. The van der Waals surface area contributed by atoms with Gasteiger partial charge in [-0.15, -0.1) is 0 Å². The molecule has 2 atom stereocenters. The zero-order chi connectivity index (χ0) is 12.4. The minimum atomic E-state index is 0.100. The topological polar surface area (TPSA) is 32.5 Å². The molecule has 1 aliphatic heterocycles. The highest BCUT2D eigenvalue weighted by atomic mass is 15.3. The molecule has 94 valence electrons. The van der Waals surface area contributed by atoms with Gasteiger partial charge in [0.25, 0.3) is 0 Å². The van der Waals surface area contributed by atoms with Crippen molar-refractivity contribution in [2.75, 3.05) is 33.7 Å². The summed E-state index contributed by atoms with van der Waals surface area (Å²) in [5.41, 5.74) is 8.93. The number of hydrogen-bond donors (Lipinski definition) is 1. The number of likely N-dealkylation sites (N-methyl/N-ethyl adjacent to an activating group) is 2. The van der Waals surface area contributed by atoms with E-state index in [0.29, 0.717) is 6.04 Å². The second-order valence-corrected chi connectivity index (χ2v) is 5.25. The summed E-state index contributed by atoms with van der Waals surface area (Å²) in [7, 11) is 4.34. The molecule has 1 fully saturated rings. The molecule has 0 amide bonds. The SMILES string of the molecule is Cc1ccc(C(N)C2CN(C)CCN2C)cc1. The fourth-order valence-corrected chi connectivity index (χ4v) is 2.44. The molecule has 0 radical (unpaired) electrons. The van der Waals surface area contributed by atoms with Crippen molar-refractivity contribution < 1.29 is 0 Å². The van der Waals surface area contributed by atoms with Crippen LogP contribution >= 0.6 is 0 Å². The zero-order valence-electron chi connectivity index (χ0n) is 11.1. The molecule has 0 saturated carbocycles. The standard InChI is InChI=1S/C14H23N3/c1-11-4-6-12(7-5-11)14(15)13-10-16(2)8-9-17(13)3/h4-7,13-14H,8-10,15H2,1-3H3. The van der Waals surface area contributed by atoms with Gasteiger partial charge in [0.2, 0.25) is 0 Å². The van der Waals surface area contributed by atoms with Gasteiger partial charge in [0.1, 0.15) is 0 Å². The van der Waals surface area contributed by atoms with Crippen LogP contribution in [0.25, 0.3) is 0 Å². The van der Waals surface area contributed by atoms with E-state index in [1.807, 2.05) is 0 Å². The monoisotopic (exact) mass is 233 g/mol. The lowest BCUT2D eigenvalue weighted by Crippen LogP contribution is -2.54. The molecule has 1 aromatic rings. The van der Waals surface area contributed by atoms with E-state index in [1.54, 1.807) is 0 Å². The highest BCUT2D eigenvalue weighted by molar-refractivity contribution is 5.25. The van der Waals surface area contributed by atoms with Crippen LogP contribution in [0.3, 0.4) is 0 Å². The molecule has 1 saturated heterocycles. The Labute approximate surface area is 104 Å². The molecule has 2 rings (SSSR count). The van der Waals surface area contributed by atoms with E-state index in [4.69, 9.17) is 5.73 Å². The van der Waals surface area contributed by atoms with Crippen molar-refractivity contribution in [2.24, 2.45) is 5.73 Å². The zero-order valence-corrected chi connectivity index (χ0v) is 11.1. The molecule has 2 unspecified atom stereocenters. The molecule has 0 bridgehead atoms. The van der Waals surface area contributed by atoms with Crippen molar-refractivity contribution in [3.8, 4) is 0 Å². The maximum absolute atomic E-state index is 6.40. The Morgan fingerprint density at radius 1 is 1.18 bits per heavy atom. The predicted octanol–water partition coefficient (Wildman–Crippen LogP) is 1.24. The largest absolute Gasteiger partial charge is 0.323 e. The molecule has 3 heteroatoms. The lowest BCUT2D eigenvalue weighted by atomic mass is 9.96. The van der Waals surface area contributed by atoms with Gasteiger partial charge in [-0.1, -0.05) is 29.8 Å². The van der Waals surface area contributed by atoms with E-state index < -0.39 is 0 Å². The van der Waals surface area contributed by atoms with Gasteiger partial charge in [-0.2, -0.15) is 0 Å². The van der Waals surface area contributed by atoms with Crippen LogP contribution in [0.5, 0.6) is 0 Å². The van der Waals surface area contributed by atoms with Crippen LogP contribution in [-0.2, 0) is 0 Å². The average Bonchev–Trinajstić information content (AvgIpc) is 2.32. The number of hydrogen-bond acceptors (Lipinski definition) is 3. The molecule has 0 aromatic heterocycles. The van der Waals surface area contributed by atoms with Crippen molar-refractivity contribution in [3.63, 3.8) is 0 Å². The van der Waals surface area contributed by atoms with E-state index in [9.17, 15) is 0 Å². The van der Waals surface area contributed by atoms with Gasteiger partial charge in [-0.05, 0) is 26.6 Å². The summed E-state index contributed by atoms with van der Waals surface area (Å²) in [6.07, 6.45) is 0. The highest BCUT2D eigenvalue weighted by Crippen LogP contribution is 2.21. The van der Waals surface area contributed by atoms with E-state index >= 15 is 0 Å². The Morgan fingerprint density at radius 3 is 2.47 bits per heavy atom. The molecule has 2 N–H and O–H groups in total. The third-order valence-corrected chi connectivity index (χ3v) is 3.78. The third-order valence-electron chi connectivity index (χ3n) is 3.78. The lowest BCUT2D eigenvalue weighted by molar-refractivity contribution is 0.0974. The quantitative estimate of drug-likeness (QED) is 0.834. The van der Waals surface area contributed by atoms with E-state index in [0.717, 1.165) is 19.6 Å².